The van der Waals surface area contributed by atoms with Crippen LogP contribution in [0.3, 0.4) is 0 Å². The first-order chi connectivity index (χ1) is 19.4. The molecule has 1 amide bonds. The molecule has 216 valence electrons. The van der Waals surface area contributed by atoms with Crippen molar-refractivity contribution in [2.24, 2.45) is 18.9 Å². The Bertz CT molecular complexity index is 1500. The predicted molar refractivity (Wildman–Crippen MR) is 147 cm³/mol. The lowest BCUT2D eigenvalue weighted by Crippen LogP contribution is -2.47. The zero-order valence-electron chi connectivity index (χ0n) is 23.5. The number of carbonyl (C=O) groups is 2. The summed E-state index contributed by atoms with van der Waals surface area (Å²) in [6, 6.07) is 10.2. The number of fused-ring (bicyclic) bond motifs is 1. The van der Waals surface area contributed by atoms with Crippen molar-refractivity contribution in [3.8, 4) is 0 Å². The predicted octanol–water partition coefficient (Wildman–Crippen LogP) is 5.77. The number of nitrogens with one attached hydrogen (secondary N) is 1. The monoisotopic (exact) mass is 565 g/mol. The second kappa shape index (κ2) is 10.1. The average Bonchev–Trinajstić information content (AvgIpc) is 3.45. The first kappa shape index (κ1) is 27.6. The molecule has 3 aliphatic rings. The maximum absolute atomic E-state index is 14.2. The van der Waals surface area contributed by atoms with Gasteiger partial charge in [-0.2, -0.15) is 13.2 Å². The minimum atomic E-state index is -4.58. The fourth-order valence-electron chi connectivity index (χ4n) is 6.59. The van der Waals surface area contributed by atoms with Crippen LogP contribution in [0, 0.1) is 11.8 Å². The molecule has 3 aromatic rings. The van der Waals surface area contributed by atoms with E-state index in [4.69, 9.17) is 0 Å². The lowest BCUT2D eigenvalue weighted by atomic mass is 9.65. The number of carbonyl (C=O) groups excluding carboxylic acids is 2. The molecular weight excluding hydrogens is 531 g/mol. The molecule has 7 nitrogen and oxygen atoms in total. The van der Waals surface area contributed by atoms with Crippen LogP contribution in [0.2, 0.25) is 0 Å². The second-order valence-electron chi connectivity index (χ2n) is 12.2. The van der Waals surface area contributed by atoms with E-state index in [1.807, 2.05) is 29.8 Å². The molecule has 2 fully saturated rings. The topological polar surface area (TPSA) is 80.1 Å². The minimum Gasteiger partial charge on any atom is -0.320 e. The Kier molecular flexibility index (Phi) is 6.79. The molecule has 1 atom stereocenters. The standard InChI is InChI=1S/C31H34F3N5O2/c1-18(40)21-12-22(13-21)27(28-37-36-17-38(28)3)20-6-4-7-23(14-20)39-16-25-24(29(39)41)10-19(11-26(25)31(32,33)34)15-35-30(2)8-5-9-30/h4,6-7,10-11,14,17,21-22,27,35H,5,8-9,12-13,15-16H2,1-3H3/t21?,22?,27-/m1/s1. The van der Waals surface area contributed by atoms with E-state index in [1.165, 1.54) is 11.0 Å². The van der Waals surface area contributed by atoms with Gasteiger partial charge in [-0.05, 0) is 92.8 Å². The zero-order chi connectivity index (χ0) is 29.1. The summed E-state index contributed by atoms with van der Waals surface area (Å²) in [5, 5.41) is 11.8. The van der Waals surface area contributed by atoms with Crippen molar-refractivity contribution in [3.05, 3.63) is 76.4 Å². The maximum Gasteiger partial charge on any atom is 0.416 e. The van der Waals surface area contributed by atoms with Gasteiger partial charge in [-0.1, -0.05) is 12.1 Å². The Hall–Kier alpha value is -3.53. The number of benzene rings is 2. The number of anilines is 1. The summed E-state index contributed by atoms with van der Waals surface area (Å²) in [6.45, 7) is 3.81. The highest BCUT2D eigenvalue weighted by atomic mass is 19.4. The Balaban J connectivity index is 1.32. The van der Waals surface area contributed by atoms with Gasteiger partial charge in [-0.25, -0.2) is 0 Å². The van der Waals surface area contributed by atoms with Crippen molar-refractivity contribution in [2.75, 3.05) is 4.90 Å². The van der Waals surface area contributed by atoms with Crippen molar-refractivity contribution >= 4 is 17.4 Å². The number of alkyl halides is 3. The molecule has 2 saturated carbocycles. The third-order valence-corrected chi connectivity index (χ3v) is 9.37. The van der Waals surface area contributed by atoms with Gasteiger partial charge >= 0.3 is 6.18 Å². The number of Topliss-reactive ketones (excluding diaryl/α,β-unsaturated/α-hetero) is 1. The highest BCUT2D eigenvalue weighted by Crippen LogP contribution is 2.47. The van der Waals surface area contributed by atoms with E-state index >= 15 is 0 Å². The van der Waals surface area contributed by atoms with Crippen LogP contribution in [0.1, 0.15) is 90.3 Å². The molecule has 0 unspecified atom stereocenters. The lowest BCUT2D eigenvalue weighted by molar-refractivity contribution is -0.138. The van der Waals surface area contributed by atoms with Crippen LogP contribution in [-0.4, -0.2) is 32.0 Å². The Morgan fingerprint density at radius 1 is 1.20 bits per heavy atom. The van der Waals surface area contributed by atoms with Crippen LogP contribution in [0.4, 0.5) is 18.9 Å². The maximum atomic E-state index is 14.2. The summed E-state index contributed by atoms with van der Waals surface area (Å²) >= 11 is 0. The summed E-state index contributed by atoms with van der Waals surface area (Å²) in [5.41, 5.74) is 1.18. The molecule has 0 spiro atoms. The first-order valence-corrected chi connectivity index (χ1v) is 14.2. The summed E-state index contributed by atoms with van der Waals surface area (Å²) in [4.78, 5) is 27.0. The molecule has 1 aromatic heterocycles. The van der Waals surface area contributed by atoms with E-state index < -0.39 is 17.6 Å². The van der Waals surface area contributed by atoms with E-state index in [1.54, 1.807) is 25.4 Å². The van der Waals surface area contributed by atoms with Crippen LogP contribution in [0.15, 0.2) is 42.7 Å². The third-order valence-electron chi connectivity index (χ3n) is 9.37. The molecule has 2 aliphatic carbocycles. The Morgan fingerprint density at radius 2 is 1.95 bits per heavy atom. The number of nitrogens with zero attached hydrogens (tertiary/aromatic N) is 4. The van der Waals surface area contributed by atoms with Crippen molar-refractivity contribution < 1.29 is 22.8 Å². The summed E-state index contributed by atoms with van der Waals surface area (Å²) in [7, 11) is 1.87. The van der Waals surface area contributed by atoms with E-state index in [-0.39, 0.29) is 53.3 Å². The smallest absolute Gasteiger partial charge is 0.320 e. The molecule has 2 aromatic carbocycles. The number of hydrogen-bond acceptors (Lipinski definition) is 5. The third kappa shape index (κ3) is 5.07. The molecule has 0 bridgehead atoms. The van der Waals surface area contributed by atoms with Gasteiger partial charge in [0.15, 0.2) is 0 Å². The molecular formula is C31H34F3N5O2. The molecule has 0 radical (unpaired) electrons. The minimum absolute atomic E-state index is 0.0136. The summed E-state index contributed by atoms with van der Waals surface area (Å²) in [6.07, 6.45) is 1.59. The van der Waals surface area contributed by atoms with Crippen LogP contribution >= 0.6 is 0 Å². The van der Waals surface area contributed by atoms with Crippen molar-refractivity contribution in [3.63, 3.8) is 0 Å². The van der Waals surface area contributed by atoms with E-state index in [0.29, 0.717) is 11.3 Å². The van der Waals surface area contributed by atoms with Crippen LogP contribution < -0.4 is 10.2 Å². The molecule has 0 saturated heterocycles. The molecule has 1 N–H and O–H groups in total. The first-order valence-electron chi connectivity index (χ1n) is 14.2. The normalized spacial score (nSPS) is 22.2. The van der Waals surface area contributed by atoms with Gasteiger partial charge in [-0.15, -0.1) is 10.2 Å². The zero-order valence-corrected chi connectivity index (χ0v) is 23.5. The largest absolute Gasteiger partial charge is 0.416 e. The van der Waals surface area contributed by atoms with Gasteiger partial charge in [0.1, 0.15) is 17.9 Å². The van der Waals surface area contributed by atoms with Gasteiger partial charge in [0.2, 0.25) is 0 Å². The van der Waals surface area contributed by atoms with Crippen molar-refractivity contribution in [1.82, 2.24) is 20.1 Å². The number of halogens is 3. The fraction of sp³-hybridized carbons (Fsp3) is 0.484. The van der Waals surface area contributed by atoms with E-state index in [9.17, 15) is 22.8 Å². The molecule has 2 heterocycles. The number of rotatable bonds is 8. The molecule has 6 rings (SSSR count). The Labute approximate surface area is 237 Å². The van der Waals surface area contributed by atoms with Gasteiger partial charge in [-0.3, -0.25) is 9.59 Å². The van der Waals surface area contributed by atoms with Crippen molar-refractivity contribution in [1.29, 1.82) is 0 Å². The van der Waals surface area contributed by atoms with Gasteiger partial charge in [0, 0.05) is 42.2 Å². The fourth-order valence-corrected chi connectivity index (χ4v) is 6.59. The number of ketones is 1. The lowest BCUT2D eigenvalue weighted by Gasteiger charge is -2.39. The quantitative estimate of drug-likeness (QED) is 0.375. The summed E-state index contributed by atoms with van der Waals surface area (Å²) in [5.74, 6) is 0.512. The molecule has 41 heavy (non-hydrogen) atoms. The average molecular weight is 566 g/mol. The van der Waals surface area contributed by atoms with Crippen LogP contribution in [0.25, 0.3) is 0 Å². The number of hydrogen-bond donors (Lipinski definition) is 1. The van der Waals surface area contributed by atoms with Crippen LogP contribution in [-0.2, 0) is 31.1 Å². The molecule has 10 heteroatoms. The number of aryl methyl sites for hydroxylation is 1. The summed E-state index contributed by atoms with van der Waals surface area (Å²) < 4.78 is 44.5. The van der Waals surface area contributed by atoms with Gasteiger partial charge in [0.05, 0.1) is 12.1 Å². The van der Waals surface area contributed by atoms with Gasteiger partial charge in [0.25, 0.3) is 5.91 Å². The van der Waals surface area contributed by atoms with Crippen molar-refractivity contribution in [2.45, 2.75) is 76.7 Å². The van der Waals surface area contributed by atoms with Crippen LogP contribution in [0.5, 0.6) is 0 Å². The van der Waals surface area contributed by atoms with Gasteiger partial charge < -0.3 is 14.8 Å². The molecule has 1 aliphatic heterocycles. The highest BCUT2D eigenvalue weighted by Gasteiger charge is 2.43. The van der Waals surface area contributed by atoms with E-state index in [2.05, 4.69) is 22.4 Å². The van der Waals surface area contributed by atoms with E-state index in [0.717, 1.165) is 43.5 Å². The second-order valence-corrected chi connectivity index (χ2v) is 12.2. The Morgan fingerprint density at radius 3 is 2.56 bits per heavy atom. The SMILES string of the molecule is CC(=O)C1CC([C@@H](c2cccc(N3Cc4c(cc(CNC5(C)CCC5)cc4C(F)(F)F)C3=O)c2)c2nncn2C)C1. The number of amides is 1. The number of aromatic nitrogens is 3. The highest BCUT2D eigenvalue weighted by molar-refractivity contribution is 6.10.